The SMILES string of the molecule is COc1ccc2c(c1)C(N[C@H]1CC1c1ccccc1)CC2. The van der Waals surface area contributed by atoms with Crippen molar-refractivity contribution >= 4 is 0 Å². The highest BCUT2D eigenvalue weighted by atomic mass is 16.5. The molecule has 4 rings (SSSR count). The highest BCUT2D eigenvalue weighted by molar-refractivity contribution is 5.41. The van der Waals surface area contributed by atoms with Crippen LogP contribution >= 0.6 is 0 Å². The Balaban J connectivity index is 1.47. The van der Waals surface area contributed by atoms with E-state index in [1.807, 2.05) is 0 Å². The van der Waals surface area contributed by atoms with E-state index in [4.69, 9.17) is 4.74 Å². The van der Waals surface area contributed by atoms with Gasteiger partial charge in [0, 0.05) is 18.0 Å². The topological polar surface area (TPSA) is 21.3 Å². The van der Waals surface area contributed by atoms with Crippen molar-refractivity contribution in [3.8, 4) is 5.75 Å². The average molecular weight is 279 g/mol. The van der Waals surface area contributed by atoms with E-state index in [-0.39, 0.29) is 0 Å². The van der Waals surface area contributed by atoms with Gasteiger partial charge < -0.3 is 10.1 Å². The number of hydrogen-bond acceptors (Lipinski definition) is 2. The molecule has 0 saturated heterocycles. The van der Waals surface area contributed by atoms with Crippen molar-refractivity contribution in [3.63, 3.8) is 0 Å². The van der Waals surface area contributed by atoms with Crippen LogP contribution in [0.15, 0.2) is 48.5 Å². The molecule has 0 heterocycles. The van der Waals surface area contributed by atoms with Gasteiger partial charge in [-0.25, -0.2) is 0 Å². The largest absolute Gasteiger partial charge is 0.497 e. The fraction of sp³-hybridized carbons (Fsp3) is 0.368. The minimum absolute atomic E-state index is 0.494. The summed E-state index contributed by atoms with van der Waals surface area (Å²) in [5, 5.41) is 3.85. The summed E-state index contributed by atoms with van der Waals surface area (Å²) in [5.41, 5.74) is 4.39. The third-order valence-electron chi connectivity index (χ3n) is 4.86. The van der Waals surface area contributed by atoms with Crippen LogP contribution < -0.4 is 10.1 Å². The molecule has 1 N–H and O–H groups in total. The fourth-order valence-electron chi connectivity index (χ4n) is 3.59. The lowest BCUT2D eigenvalue weighted by atomic mass is 10.1. The molecule has 108 valence electrons. The summed E-state index contributed by atoms with van der Waals surface area (Å²) in [5.74, 6) is 1.67. The highest BCUT2D eigenvalue weighted by Crippen LogP contribution is 2.44. The number of ether oxygens (including phenoxy) is 1. The molecule has 2 heteroatoms. The summed E-state index contributed by atoms with van der Waals surface area (Å²) < 4.78 is 5.37. The second-order valence-electron chi connectivity index (χ2n) is 6.18. The lowest BCUT2D eigenvalue weighted by Gasteiger charge is -2.15. The first-order valence-electron chi connectivity index (χ1n) is 7.83. The number of hydrogen-bond donors (Lipinski definition) is 1. The van der Waals surface area contributed by atoms with Gasteiger partial charge in [0.05, 0.1) is 7.11 Å². The van der Waals surface area contributed by atoms with Gasteiger partial charge in [-0.3, -0.25) is 0 Å². The summed E-state index contributed by atoms with van der Waals surface area (Å²) in [6.07, 6.45) is 3.65. The molecule has 0 aromatic heterocycles. The van der Waals surface area contributed by atoms with Gasteiger partial charge in [0.25, 0.3) is 0 Å². The van der Waals surface area contributed by atoms with Crippen LogP contribution in [0.4, 0.5) is 0 Å². The van der Waals surface area contributed by atoms with Gasteiger partial charge in [-0.05, 0) is 48.1 Å². The van der Waals surface area contributed by atoms with E-state index < -0.39 is 0 Å². The number of benzene rings is 2. The summed E-state index contributed by atoms with van der Waals surface area (Å²) in [6, 6.07) is 18.5. The van der Waals surface area contributed by atoms with Crippen molar-refractivity contribution in [1.29, 1.82) is 0 Å². The lowest BCUT2D eigenvalue weighted by Crippen LogP contribution is -2.22. The second kappa shape index (κ2) is 5.19. The quantitative estimate of drug-likeness (QED) is 0.918. The molecule has 3 atom stereocenters. The van der Waals surface area contributed by atoms with Crippen molar-refractivity contribution < 1.29 is 4.74 Å². The van der Waals surface area contributed by atoms with Crippen LogP contribution in [0.1, 0.15) is 41.5 Å². The Morgan fingerprint density at radius 2 is 1.95 bits per heavy atom. The minimum Gasteiger partial charge on any atom is -0.497 e. The van der Waals surface area contributed by atoms with Crippen LogP contribution in [-0.4, -0.2) is 13.2 Å². The van der Waals surface area contributed by atoms with Crippen molar-refractivity contribution in [3.05, 3.63) is 65.2 Å². The standard InChI is InChI=1S/C19H21NO/c1-21-15-9-7-14-8-10-18(16(14)11-15)20-19-12-17(19)13-5-3-2-4-6-13/h2-7,9,11,17-20H,8,10,12H2,1H3/t17?,18?,19-/m0/s1. The first-order chi connectivity index (χ1) is 10.3. The van der Waals surface area contributed by atoms with E-state index in [2.05, 4.69) is 53.8 Å². The number of methoxy groups -OCH3 is 1. The maximum Gasteiger partial charge on any atom is 0.119 e. The van der Waals surface area contributed by atoms with Gasteiger partial charge in [0.15, 0.2) is 0 Å². The average Bonchev–Trinajstić information content (AvgIpc) is 3.20. The zero-order valence-corrected chi connectivity index (χ0v) is 12.4. The first-order valence-corrected chi connectivity index (χ1v) is 7.83. The van der Waals surface area contributed by atoms with Crippen molar-refractivity contribution in [2.45, 2.75) is 37.3 Å². The fourth-order valence-corrected chi connectivity index (χ4v) is 3.59. The predicted octanol–water partition coefficient (Wildman–Crippen LogP) is 3.83. The van der Waals surface area contributed by atoms with E-state index >= 15 is 0 Å². The van der Waals surface area contributed by atoms with Crippen LogP contribution in [0.5, 0.6) is 5.75 Å². The zero-order valence-electron chi connectivity index (χ0n) is 12.4. The summed E-state index contributed by atoms with van der Waals surface area (Å²) >= 11 is 0. The van der Waals surface area contributed by atoms with Crippen LogP contribution in [0.3, 0.4) is 0 Å². The van der Waals surface area contributed by atoms with Gasteiger partial charge in [0.1, 0.15) is 5.75 Å². The molecular weight excluding hydrogens is 258 g/mol. The molecule has 0 aliphatic heterocycles. The molecule has 2 nitrogen and oxygen atoms in total. The number of rotatable bonds is 4. The van der Waals surface area contributed by atoms with Gasteiger partial charge >= 0.3 is 0 Å². The van der Waals surface area contributed by atoms with E-state index in [1.54, 1.807) is 7.11 Å². The number of nitrogens with one attached hydrogen (secondary N) is 1. The highest BCUT2D eigenvalue weighted by Gasteiger charge is 2.40. The Labute approximate surface area is 126 Å². The maximum atomic E-state index is 5.37. The Morgan fingerprint density at radius 3 is 2.76 bits per heavy atom. The van der Waals surface area contributed by atoms with Crippen molar-refractivity contribution in [1.82, 2.24) is 5.32 Å². The molecular formula is C19H21NO. The maximum absolute atomic E-state index is 5.37. The Hall–Kier alpha value is -1.80. The van der Waals surface area contributed by atoms with E-state index in [0.29, 0.717) is 18.0 Å². The lowest BCUT2D eigenvalue weighted by molar-refractivity contribution is 0.413. The van der Waals surface area contributed by atoms with Crippen molar-refractivity contribution in [2.24, 2.45) is 0 Å². The van der Waals surface area contributed by atoms with Crippen molar-refractivity contribution in [2.75, 3.05) is 7.11 Å². The molecule has 0 radical (unpaired) electrons. The smallest absolute Gasteiger partial charge is 0.119 e. The molecule has 21 heavy (non-hydrogen) atoms. The Morgan fingerprint density at radius 1 is 1.10 bits per heavy atom. The predicted molar refractivity (Wildman–Crippen MR) is 84.8 cm³/mol. The monoisotopic (exact) mass is 279 g/mol. The van der Waals surface area contributed by atoms with E-state index in [1.165, 1.54) is 36.0 Å². The number of aryl methyl sites for hydroxylation is 1. The zero-order chi connectivity index (χ0) is 14.2. The third-order valence-corrected chi connectivity index (χ3v) is 4.86. The minimum atomic E-state index is 0.494. The second-order valence-corrected chi connectivity index (χ2v) is 6.18. The van der Waals surface area contributed by atoms with E-state index in [0.717, 1.165) is 5.75 Å². The van der Waals surface area contributed by atoms with Gasteiger partial charge in [0.2, 0.25) is 0 Å². The first kappa shape index (κ1) is 12.9. The Bertz CT molecular complexity index is 637. The Kier molecular flexibility index (Phi) is 3.19. The molecule has 2 aromatic carbocycles. The number of fused-ring (bicyclic) bond motifs is 1. The molecule has 0 bridgehead atoms. The summed E-state index contributed by atoms with van der Waals surface area (Å²) in [7, 11) is 1.74. The van der Waals surface area contributed by atoms with Crippen LogP contribution in [0.25, 0.3) is 0 Å². The molecule has 0 amide bonds. The summed E-state index contributed by atoms with van der Waals surface area (Å²) in [6.45, 7) is 0. The van der Waals surface area contributed by atoms with Crippen LogP contribution in [0.2, 0.25) is 0 Å². The molecule has 1 saturated carbocycles. The normalized spacial score (nSPS) is 26.4. The van der Waals surface area contributed by atoms with Crippen LogP contribution in [0, 0.1) is 0 Å². The molecule has 2 aromatic rings. The van der Waals surface area contributed by atoms with Gasteiger partial charge in [-0.15, -0.1) is 0 Å². The third kappa shape index (κ3) is 2.44. The van der Waals surface area contributed by atoms with Crippen LogP contribution in [-0.2, 0) is 6.42 Å². The molecule has 0 spiro atoms. The van der Waals surface area contributed by atoms with Gasteiger partial charge in [-0.2, -0.15) is 0 Å². The van der Waals surface area contributed by atoms with Gasteiger partial charge in [-0.1, -0.05) is 36.4 Å². The molecule has 1 fully saturated rings. The molecule has 2 aliphatic carbocycles. The molecule has 2 aliphatic rings. The van der Waals surface area contributed by atoms with E-state index in [9.17, 15) is 0 Å². The summed E-state index contributed by atoms with van der Waals surface area (Å²) in [4.78, 5) is 0. The molecule has 2 unspecified atom stereocenters.